The van der Waals surface area contributed by atoms with E-state index >= 15 is 0 Å². The summed E-state index contributed by atoms with van der Waals surface area (Å²) in [5.74, 6) is -0.952. The van der Waals surface area contributed by atoms with Crippen molar-refractivity contribution < 1.29 is 14.6 Å². The van der Waals surface area contributed by atoms with Crippen LogP contribution in [0.3, 0.4) is 0 Å². The maximum absolute atomic E-state index is 10.8. The third-order valence-electron chi connectivity index (χ3n) is 2.27. The highest BCUT2D eigenvalue weighted by Gasteiger charge is 2.17. The van der Waals surface area contributed by atoms with Crippen LogP contribution in [0.4, 0.5) is 0 Å². The third kappa shape index (κ3) is 3.22. The molecule has 3 nitrogen and oxygen atoms in total. The first-order valence-corrected chi connectivity index (χ1v) is 4.93. The van der Waals surface area contributed by atoms with Crippen LogP contribution in [0.15, 0.2) is 18.2 Å². The van der Waals surface area contributed by atoms with Gasteiger partial charge < -0.3 is 9.84 Å². The Morgan fingerprint density at radius 3 is 2.73 bits per heavy atom. The molecule has 0 amide bonds. The minimum atomic E-state index is -0.952. The number of hydrogen-bond donors (Lipinski definition) is 1. The monoisotopic (exact) mass is 228 g/mol. The van der Waals surface area contributed by atoms with Crippen LogP contribution in [0.2, 0.25) is 5.02 Å². The van der Waals surface area contributed by atoms with Crippen molar-refractivity contribution in [2.24, 2.45) is 0 Å². The maximum atomic E-state index is 10.8. The van der Waals surface area contributed by atoms with Crippen LogP contribution >= 0.6 is 11.6 Å². The maximum Gasteiger partial charge on any atom is 0.333 e. The molecule has 1 rings (SSSR count). The summed E-state index contributed by atoms with van der Waals surface area (Å²) in [4.78, 5) is 10.8. The molecule has 0 radical (unpaired) electrons. The van der Waals surface area contributed by atoms with Gasteiger partial charge in [-0.05, 0) is 30.2 Å². The van der Waals surface area contributed by atoms with Gasteiger partial charge in [0.1, 0.15) is 0 Å². The van der Waals surface area contributed by atoms with Gasteiger partial charge in [-0.15, -0.1) is 0 Å². The fourth-order valence-corrected chi connectivity index (χ4v) is 1.59. The molecule has 82 valence electrons. The van der Waals surface area contributed by atoms with Crippen molar-refractivity contribution in [3.63, 3.8) is 0 Å². The molecule has 1 N–H and O–H groups in total. The molecule has 1 aromatic rings. The van der Waals surface area contributed by atoms with Gasteiger partial charge in [-0.1, -0.05) is 17.7 Å². The minimum Gasteiger partial charge on any atom is -0.479 e. The molecule has 0 unspecified atom stereocenters. The van der Waals surface area contributed by atoms with Gasteiger partial charge in [0, 0.05) is 18.6 Å². The van der Waals surface area contributed by atoms with Crippen LogP contribution in [0.5, 0.6) is 0 Å². The average molecular weight is 229 g/mol. The Hall–Kier alpha value is -1.06. The van der Waals surface area contributed by atoms with Crippen molar-refractivity contribution in [2.45, 2.75) is 19.4 Å². The van der Waals surface area contributed by atoms with Crippen molar-refractivity contribution in [1.82, 2.24) is 0 Å². The lowest BCUT2D eigenvalue weighted by molar-refractivity contribution is -0.148. The van der Waals surface area contributed by atoms with Crippen molar-refractivity contribution in [1.29, 1.82) is 0 Å². The number of aryl methyl sites for hydroxylation is 1. The average Bonchev–Trinajstić information content (AvgIpc) is 2.16. The van der Waals surface area contributed by atoms with Gasteiger partial charge in [0.05, 0.1) is 0 Å². The van der Waals surface area contributed by atoms with E-state index in [0.717, 1.165) is 11.1 Å². The molecule has 0 fully saturated rings. The number of carboxylic acid groups (broad SMARTS) is 1. The highest BCUT2D eigenvalue weighted by Crippen LogP contribution is 2.17. The van der Waals surface area contributed by atoms with E-state index in [4.69, 9.17) is 21.4 Å². The molecule has 0 saturated heterocycles. The predicted molar refractivity (Wildman–Crippen MR) is 58.3 cm³/mol. The summed E-state index contributed by atoms with van der Waals surface area (Å²) in [5, 5.41) is 9.48. The van der Waals surface area contributed by atoms with Gasteiger partial charge in [-0.3, -0.25) is 0 Å². The third-order valence-corrected chi connectivity index (χ3v) is 2.51. The standard InChI is InChI=1S/C11H13ClO3/c1-7-5-9(12)4-3-8(7)6-10(15-2)11(13)14/h3-5,10H,6H2,1-2H3,(H,13,14)/t10-/m1/s1. The number of carboxylic acids is 1. The van der Waals surface area contributed by atoms with Gasteiger partial charge in [0.2, 0.25) is 0 Å². The van der Waals surface area contributed by atoms with E-state index in [1.807, 2.05) is 19.1 Å². The predicted octanol–water partition coefficient (Wildman–Crippen LogP) is 2.29. The molecule has 4 heteroatoms. The Kier molecular flexibility index (Phi) is 4.12. The number of rotatable bonds is 4. The Morgan fingerprint density at radius 2 is 2.27 bits per heavy atom. The van der Waals surface area contributed by atoms with E-state index in [1.54, 1.807) is 6.07 Å². The number of halogens is 1. The van der Waals surface area contributed by atoms with Crippen molar-refractivity contribution in [2.75, 3.05) is 7.11 Å². The van der Waals surface area contributed by atoms with Crippen molar-refractivity contribution in [3.05, 3.63) is 34.3 Å². The fraction of sp³-hybridized carbons (Fsp3) is 0.364. The molecule has 15 heavy (non-hydrogen) atoms. The highest BCUT2D eigenvalue weighted by molar-refractivity contribution is 6.30. The molecule has 0 aliphatic heterocycles. The van der Waals surface area contributed by atoms with Gasteiger partial charge >= 0.3 is 5.97 Å². The van der Waals surface area contributed by atoms with Crippen LogP contribution in [-0.4, -0.2) is 24.3 Å². The lowest BCUT2D eigenvalue weighted by Gasteiger charge is -2.12. The molecule has 0 aliphatic carbocycles. The Balaban J connectivity index is 2.84. The van der Waals surface area contributed by atoms with Crippen LogP contribution < -0.4 is 0 Å². The molecule has 0 heterocycles. The smallest absolute Gasteiger partial charge is 0.333 e. The molecular weight excluding hydrogens is 216 g/mol. The number of aliphatic carboxylic acids is 1. The summed E-state index contributed by atoms with van der Waals surface area (Å²) < 4.78 is 4.87. The number of ether oxygens (including phenoxy) is 1. The van der Waals surface area contributed by atoms with Gasteiger partial charge in [-0.2, -0.15) is 0 Å². The molecule has 0 saturated carbocycles. The van der Waals surface area contributed by atoms with Crippen LogP contribution in [0.25, 0.3) is 0 Å². The number of methoxy groups -OCH3 is 1. The Bertz CT molecular complexity index is 363. The lowest BCUT2D eigenvalue weighted by Crippen LogP contribution is -2.25. The highest BCUT2D eigenvalue weighted by atomic mass is 35.5. The molecule has 0 spiro atoms. The minimum absolute atomic E-state index is 0.356. The number of hydrogen-bond acceptors (Lipinski definition) is 2. The second-order valence-corrected chi connectivity index (χ2v) is 3.77. The quantitative estimate of drug-likeness (QED) is 0.860. The fourth-order valence-electron chi connectivity index (χ4n) is 1.36. The number of benzene rings is 1. The molecule has 1 aromatic carbocycles. The van der Waals surface area contributed by atoms with Gasteiger partial charge in [-0.25, -0.2) is 4.79 Å². The van der Waals surface area contributed by atoms with E-state index < -0.39 is 12.1 Å². The SMILES string of the molecule is CO[C@H](Cc1ccc(Cl)cc1C)C(=O)O. The summed E-state index contributed by atoms with van der Waals surface area (Å²) in [6, 6.07) is 5.39. The normalized spacial score (nSPS) is 12.5. The largest absolute Gasteiger partial charge is 0.479 e. The molecular formula is C11H13ClO3. The molecule has 0 aliphatic rings. The van der Waals surface area contributed by atoms with Crippen LogP contribution in [-0.2, 0) is 16.0 Å². The zero-order valence-corrected chi connectivity index (χ0v) is 9.41. The second kappa shape index (κ2) is 5.14. The first-order valence-electron chi connectivity index (χ1n) is 4.55. The second-order valence-electron chi connectivity index (χ2n) is 3.34. The summed E-state index contributed by atoms with van der Waals surface area (Å²) in [7, 11) is 1.39. The van der Waals surface area contributed by atoms with Crippen LogP contribution in [0.1, 0.15) is 11.1 Å². The van der Waals surface area contributed by atoms with Crippen molar-refractivity contribution >= 4 is 17.6 Å². The van der Waals surface area contributed by atoms with E-state index in [1.165, 1.54) is 7.11 Å². The summed E-state index contributed by atoms with van der Waals surface area (Å²) in [5.41, 5.74) is 1.92. The van der Waals surface area contributed by atoms with Crippen LogP contribution in [0, 0.1) is 6.92 Å². The molecule has 0 aromatic heterocycles. The lowest BCUT2D eigenvalue weighted by atomic mass is 10.0. The zero-order valence-electron chi connectivity index (χ0n) is 8.66. The zero-order chi connectivity index (χ0) is 11.4. The summed E-state index contributed by atoms with van der Waals surface area (Å²) >= 11 is 5.80. The Morgan fingerprint density at radius 1 is 1.60 bits per heavy atom. The topological polar surface area (TPSA) is 46.5 Å². The van der Waals surface area contributed by atoms with Gasteiger partial charge in [0.25, 0.3) is 0 Å². The number of carbonyl (C=O) groups is 1. The Labute approximate surface area is 93.6 Å². The first kappa shape index (κ1) is 12.0. The van der Waals surface area contributed by atoms with E-state index in [0.29, 0.717) is 11.4 Å². The molecule has 0 bridgehead atoms. The summed E-state index contributed by atoms with van der Waals surface area (Å²) in [6.07, 6.45) is -0.445. The summed E-state index contributed by atoms with van der Waals surface area (Å²) in [6.45, 7) is 1.90. The van der Waals surface area contributed by atoms with Gasteiger partial charge in [0.15, 0.2) is 6.10 Å². The first-order chi connectivity index (χ1) is 7.04. The van der Waals surface area contributed by atoms with E-state index in [9.17, 15) is 4.79 Å². The van der Waals surface area contributed by atoms with E-state index in [-0.39, 0.29) is 0 Å². The molecule has 1 atom stereocenters. The van der Waals surface area contributed by atoms with E-state index in [2.05, 4.69) is 0 Å². The van der Waals surface area contributed by atoms with Crippen molar-refractivity contribution in [3.8, 4) is 0 Å².